The van der Waals surface area contributed by atoms with Crippen molar-refractivity contribution in [2.24, 2.45) is 5.73 Å². The van der Waals surface area contributed by atoms with Crippen molar-refractivity contribution in [2.45, 2.75) is 12.7 Å². The van der Waals surface area contributed by atoms with Gasteiger partial charge in [0.25, 0.3) is 0 Å². The zero-order chi connectivity index (χ0) is 14.3. The predicted molar refractivity (Wildman–Crippen MR) is 70.8 cm³/mol. The summed E-state index contributed by atoms with van der Waals surface area (Å²) >= 11 is 0. The van der Waals surface area contributed by atoms with Gasteiger partial charge in [-0.3, -0.25) is 0 Å². The monoisotopic (exact) mass is 271 g/mol. The Hall–Kier alpha value is -1.50. The van der Waals surface area contributed by atoms with Crippen LogP contribution in [0, 0.1) is 0 Å². The van der Waals surface area contributed by atoms with E-state index < -0.39 is 6.10 Å². The lowest BCUT2D eigenvalue weighted by Crippen LogP contribution is -2.25. The predicted octanol–water partition coefficient (Wildman–Crippen LogP) is 0.549. The van der Waals surface area contributed by atoms with Gasteiger partial charge in [0.15, 0.2) is 11.5 Å². The van der Waals surface area contributed by atoms with Crippen LogP contribution >= 0.6 is 0 Å². The minimum Gasteiger partial charge on any atom is -0.496 e. The minimum atomic E-state index is -0.661. The van der Waals surface area contributed by atoms with E-state index in [4.69, 9.17) is 24.7 Å². The normalized spacial score (nSPS) is 12.1. The molecule has 0 aliphatic carbocycles. The molecule has 1 aromatic rings. The SMILES string of the molecule is COc1cc(OC)c(OC)cc1COCC(O)CN. The Balaban J connectivity index is 2.80. The number of nitrogens with two attached hydrogens (primary N) is 1. The second kappa shape index (κ2) is 7.83. The van der Waals surface area contributed by atoms with Crippen molar-refractivity contribution in [1.29, 1.82) is 0 Å². The Kier molecular flexibility index (Phi) is 6.41. The maximum absolute atomic E-state index is 9.32. The molecule has 6 nitrogen and oxygen atoms in total. The molecule has 3 N–H and O–H groups in total. The Morgan fingerprint density at radius 2 is 1.63 bits per heavy atom. The number of aliphatic hydroxyl groups is 1. The van der Waals surface area contributed by atoms with E-state index in [1.807, 2.05) is 0 Å². The number of benzene rings is 1. The van der Waals surface area contributed by atoms with Gasteiger partial charge in [0.05, 0.1) is 40.6 Å². The zero-order valence-electron chi connectivity index (χ0n) is 11.5. The van der Waals surface area contributed by atoms with Crippen LogP contribution in [0.4, 0.5) is 0 Å². The lowest BCUT2D eigenvalue weighted by atomic mass is 10.2. The Morgan fingerprint density at radius 1 is 1.05 bits per heavy atom. The fraction of sp³-hybridized carbons (Fsp3) is 0.538. The maximum atomic E-state index is 9.32. The maximum Gasteiger partial charge on any atom is 0.164 e. The second-order valence-corrected chi connectivity index (χ2v) is 3.92. The Labute approximate surface area is 113 Å². The summed E-state index contributed by atoms with van der Waals surface area (Å²) in [6.45, 7) is 0.637. The molecule has 1 aromatic carbocycles. The standard InChI is InChI=1S/C13H21NO5/c1-16-11-5-13(18-3)12(17-2)4-9(11)7-19-8-10(15)6-14/h4-5,10,15H,6-8,14H2,1-3H3. The summed E-state index contributed by atoms with van der Waals surface area (Å²) in [6, 6.07) is 3.52. The molecule has 0 aromatic heterocycles. The van der Waals surface area contributed by atoms with Gasteiger partial charge in [0.1, 0.15) is 5.75 Å². The number of aliphatic hydroxyl groups excluding tert-OH is 1. The van der Waals surface area contributed by atoms with Crippen molar-refractivity contribution >= 4 is 0 Å². The highest BCUT2D eigenvalue weighted by atomic mass is 16.5. The Morgan fingerprint density at radius 3 is 2.16 bits per heavy atom. The van der Waals surface area contributed by atoms with E-state index in [-0.39, 0.29) is 13.2 Å². The van der Waals surface area contributed by atoms with Gasteiger partial charge in [-0.2, -0.15) is 0 Å². The van der Waals surface area contributed by atoms with E-state index in [0.29, 0.717) is 23.9 Å². The molecule has 0 saturated carbocycles. The van der Waals surface area contributed by atoms with Crippen LogP contribution in [0.15, 0.2) is 12.1 Å². The van der Waals surface area contributed by atoms with Crippen LogP contribution in [0.2, 0.25) is 0 Å². The molecule has 0 bridgehead atoms. The summed E-state index contributed by atoms with van der Waals surface area (Å²) in [7, 11) is 4.69. The van der Waals surface area contributed by atoms with Gasteiger partial charge in [0.2, 0.25) is 0 Å². The number of hydrogen-bond acceptors (Lipinski definition) is 6. The first-order valence-corrected chi connectivity index (χ1v) is 5.91. The fourth-order valence-corrected chi connectivity index (χ4v) is 1.58. The topological polar surface area (TPSA) is 83.2 Å². The number of hydrogen-bond donors (Lipinski definition) is 2. The van der Waals surface area contributed by atoms with Crippen molar-refractivity contribution in [3.05, 3.63) is 17.7 Å². The van der Waals surface area contributed by atoms with Crippen molar-refractivity contribution in [3.8, 4) is 17.2 Å². The van der Waals surface area contributed by atoms with Crippen molar-refractivity contribution in [3.63, 3.8) is 0 Å². The molecule has 0 radical (unpaired) electrons. The first-order chi connectivity index (χ1) is 9.15. The van der Waals surface area contributed by atoms with Crippen LogP contribution in [0.5, 0.6) is 17.2 Å². The van der Waals surface area contributed by atoms with Gasteiger partial charge in [-0.15, -0.1) is 0 Å². The molecule has 0 fully saturated rings. The first kappa shape index (κ1) is 15.6. The molecular weight excluding hydrogens is 250 g/mol. The summed E-state index contributed by atoms with van der Waals surface area (Å²) in [6.07, 6.45) is -0.661. The highest BCUT2D eigenvalue weighted by molar-refractivity contribution is 5.50. The summed E-state index contributed by atoms with van der Waals surface area (Å²) in [5, 5.41) is 9.32. The molecule has 0 aliphatic heterocycles. The van der Waals surface area contributed by atoms with Crippen LogP contribution in [-0.2, 0) is 11.3 Å². The van der Waals surface area contributed by atoms with E-state index in [0.717, 1.165) is 5.56 Å². The molecule has 19 heavy (non-hydrogen) atoms. The number of rotatable bonds is 8. The van der Waals surface area contributed by atoms with Crippen LogP contribution in [-0.4, -0.2) is 45.7 Å². The molecule has 0 heterocycles. The van der Waals surface area contributed by atoms with Crippen molar-refractivity contribution in [1.82, 2.24) is 0 Å². The van der Waals surface area contributed by atoms with Gasteiger partial charge in [0, 0.05) is 18.2 Å². The van der Waals surface area contributed by atoms with Crippen LogP contribution < -0.4 is 19.9 Å². The first-order valence-electron chi connectivity index (χ1n) is 5.91. The van der Waals surface area contributed by atoms with Crippen LogP contribution in [0.3, 0.4) is 0 Å². The number of methoxy groups -OCH3 is 3. The lowest BCUT2D eigenvalue weighted by molar-refractivity contribution is 0.0321. The molecule has 1 unspecified atom stereocenters. The number of ether oxygens (including phenoxy) is 4. The largest absolute Gasteiger partial charge is 0.496 e. The van der Waals surface area contributed by atoms with Crippen LogP contribution in [0.1, 0.15) is 5.56 Å². The average molecular weight is 271 g/mol. The van der Waals surface area contributed by atoms with E-state index in [9.17, 15) is 5.11 Å². The van der Waals surface area contributed by atoms with E-state index in [1.165, 1.54) is 0 Å². The summed E-state index contributed by atoms with van der Waals surface area (Å²) in [4.78, 5) is 0. The molecule has 6 heteroatoms. The molecule has 1 rings (SSSR count). The van der Waals surface area contributed by atoms with Gasteiger partial charge in [-0.1, -0.05) is 0 Å². The molecule has 1 atom stereocenters. The fourth-order valence-electron chi connectivity index (χ4n) is 1.58. The Bertz CT molecular complexity index is 397. The smallest absolute Gasteiger partial charge is 0.164 e. The highest BCUT2D eigenvalue weighted by Gasteiger charge is 2.12. The van der Waals surface area contributed by atoms with Gasteiger partial charge in [-0.05, 0) is 6.07 Å². The third kappa shape index (κ3) is 4.27. The zero-order valence-corrected chi connectivity index (χ0v) is 11.5. The third-order valence-corrected chi connectivity index (χ3v) is 2.63. The van der Waals surface area contributed by atoms with E-state index in [2.05, 4.69) is 0 Å². The second-order valence-electron chi connectivity index (χ2n) is 3.92. The highest BCUT2D eigenvalue weighted by Crippen LogP contribution is 2.34. The van der Waals surface area contributed by atoms with E-state index >= 15 is 0 Å². The summed E-state index contributed by atoms with van der Waals surface area (Å²) in [5.41, 5.74) is 6.11. The molecule has 0 saturated heterocycles. The molecular formula is C13H21NO5. The molecule has 0 aliphatic rings. The molecule has 0 spiro atoms. The third-order valence-electron chi connectivity index (χ3n) is 2.63. The van der Waals surface area contributed by atoms with Gasteiger partial charge >= 0.3 is 0 Å². The minimum absolute atomic E-state index is 0.170. The van der Waals surface area contributed by atoms with Crippen molar-refractivity contribution < 1.29 is 24.1 Å². The molecule has 108 valence electrons. The summed E-state index contributed by atoms with van der Waals surface area (Å²) < 4.78 is 21.1. The average Bonchev–Trinajstić information content (AvgIpc) is 2.46. The quantitative estimate of drug-likeness (QED) is 0.718. The van der Waals surface area contributed by atoms with Gasteiger partial charge in [-0.25, -0.2) is 0 Å². The van der Waals surface area contributed by atoms with Gasteiger partial charge < -0.3 is 29.8 Å². The van der Waals surface area contributed by atoms with E-state index in [1.54, 1.807) is 33.5 Å². The van der Waals surface area contributed by atoms with Crippen LogP contribution in [0.25, 0.3) is 0 Å². The molecule has 0 amide bonds. The lowest BCUT2D eigenvalue weighted by Gasteiger charge is -2.15. The van der Waals surface area contributed by atoms with Crippen molar-refractivity contribution in [2.75, 3.05) is 34.5 Å². The summed E-state index contributed by atoms with van der Waals surface area (Å²) in [5.74, 6) is 1.83.